The summed E-state index contributed by atoms with van der Waals surface area (Å²) in [5, 5.41) is 4.05. The first-order valence-electron chi connectivity index (χ1n) is 12.9. The van der Waals surface area contributed by atoms with E-state index in [1.165, 1.54) is 5.56 Å². The van der Waals surface area contributed by atoms with Gasteiger partial charge in [0.2, 0.25) is 11.8 Å². The van der Waals surface area contributed by atoms with Gasteiger partial charge in [-0.05, 0) is 53.1 Å². The molecule has 6 heteroatoms. The molecule has 2 amide bonds. The summed E-state index contributed by atoms with van der Waals surface area (Å²) in [5.74, 6) is 0.0387. The lowest BCUT2D eigenvalue weighted by atomic mass is 10.0. The van der Waals surface area contributed by atoms with E-state index in [0.717, 1.165) is 23.1 Å². The predicted molar refractivity (Wildman–Crippen MR) is 153 cm³/mol. The van der Waals surface area contributed by atoms with E-state index in [1.807, 2.05) is 50.2 Å². The largest absolute Gasteiger partial charge is 0.354 e. The van der Waals surface area contributed by atoms with Crippen LogP contribution in [0.15, 0.2) is 72.8 Å². The Kier molecular flexibility index (Phi) is 11.0. The molecule has 1 unspecified atom stereocenters. The molecule has 1 atom stereocenters. The second-order valence-corrected chi connectivity index (χ2v) is 10.6. The van der Waals surface area contributed by atoms with Crippen LogP contribution in [0.5, 0.6) is 0 Å². The third-order valence-corrected chi connectivity index (χ3v) is 6.96. The number of hydrogen-bond donors (Lipinski definition) is 1. The molecule has 0 aromatic heterocycles. The first-order valence-corrected chi connectivity index (χ1v) is 13.6. The van der Waals surface area contributed by atoms with Crippen LogP contribution in [0.1, 0.15) is 49.4 Å². The summed E-state index contributed by atoms with van der Waals surface area (Å²) in [4.78, 5) is 29.0. The number of rotatable bonds is 12. The quantitative estimate of drug-likeness (QED) is 0.272. The molecular weight excluding hydrogens is 503 g/mol. The van der Waals surface area contributed by atoms with Gasteiger partial charge in [-0.1, -0.05) is 105 Å². The molecule has 196 valence electrons. The van der Waals surface area contributed by atoms with Gasteiger partial charge in [-0.25, -0.2) is 0 Å². The Morgan fingerprint density at radius 1 is 0.892 bits per heavy atom. The second kappa shape index (κ2) is 14.2. The van der Waals surface area contributed by atoms with E-state index in [4.69, 9.17) is 23.2 Å². The van der Waals surface area contributed by atoms with Crippen molar-refractivity contribution in [2.45, 2.75) is 59.0 Å². The van der Waals surface area contributed by atoms with Gasteiger partial charge < -0.3 is 10.2 Å². The highest BCUT2D eigenvalue weighted by Crippen LogP contribution is 2.25. The van der Waals surface area contributed by atoms with Crippen molar-refractivity contribution in [1.29, 1.82) is 0 Å². The zero-order valence-corrected chi connectivity index (χ0v) is 23.4. The zero-order valence-electron chi connectivity index (χ0n) is 21.8. The Labute approximate surface area is 231 Å². The van der Waals surface area contributed by atoms with Crippen LogP contribution in [0, 0.1) is 5.92 Å². The van der Waals surface area contributed by atoms with E-state index < -0.39 is 6.04 Å². The van der Waals surface area contributed by atoms with E-state index in [2.05, 4.69) is 36.5 Å². The van der Waals surface area contributed by atoms with Crippen LogP contribution in [0.2, 0.25) is 10.0 Å². The van der Waals surface area contributed by atoms with Gasteiger partial charge in [0.15, 0.2) is 0 Å². The number of carbonyl (C=O) groups excluding carboxylic acids is 2. The Morgan fingerprint density at radius 3 is 2.19 bits per heavy atom. The average Bonchev–Trinajstić information content (AvgIpc) is 2.89. The molecule has 0 aliphatic rings. The molecule has 3 aromatic carbocycles. The number of amides is 2. The topological polar surface area (TPSA) is 49.4 Å². The van der Waals surface area contributed by atoms with Gasteiger partial charge in [-0.15, -0.1) is 0 Å². The van der Waals surface area contributed by atoms with Gasteiger partial charge in [0.05, 0.1) is 0 Å². The minimum atomic E-state index is -0.678. The molecule has 0 fully saturated rings. The molecule has 0 spiro atoms. The Bertz CT molecular complexity index is 1160. The van der Waals surface area contributed by atoms with E-state index in [-0.39, 0.29) is 18.4 Å². The highest BCUT2D eigenvalue weighted by molar-refractivity contribution is 6.35. The number of aryl methyl sites for hydroxylation is 2. The zero-order chi connectivity index (χ0) is 26.8. The number of halogens is 2. The van der Waals surface area contributed by atoms with Crippen LogP contribution in [-0.2, 0) is 35.4 Å². The van der Waals surface area contributed by atoms with Crippen LogP contribution >= 0.6 is 23.2 Å². The molecule has 0 radical (unpaired) electrons. The van der Waals surface area contributed by atoms with Gasteiger partial charge >= 0.3 is 0 Å². The van der Waals surface area contributed by atoms with Gasteiger partial charge in [0.25, 0.3) is 0 Å². The van der Waals surface area contributed by atoms with Crippen LogP contribution in [0.25, 0.3) is 0 Å². The third-order valence-electron chi connectivity index (χ3n) is 6.37. The summed E-state index contributed by atoms with van der Waals surface area (Å²) in [6, 6.07) is 22.7. The van der Waals surface area contributed by atoms with Gasteiger partial charge in [0.1, 0.15) is 6.04 Å². The number of hydrogen-bond acceptors (Lipinski definition) is 2. The fourth-order valence-electron chi connectivity index (χ4n) is 4.15. The smallest absolute Gasteiger partial charge is 0.243 e. The Balaban J connectivity index is 1.91. The number of carbonyl (C=O) groups is 2. The molecule has 3 aromatic rings. The van der Waals surface area contributed by atoms with Crippen LogP contribution < -0.4 is 5.32 Å². The van der Waals surface area contributed by atoms with Gasteiger partial charge in [-0.2, -0.15) is 0 Å². The van der Waals surface area contributed by atoms with E-state index in [9.17, 15) is 9.59 Å². The van der Waals surface area contributed by atoms with Crippen molar-refractivity contribution < 1.29 is 9.59 Å². The van der Waals surface area contributed by atoms with E-state index >= 15 is 0 Å². The maximum absolute atomic E-state index is 13.8. The first-order chi connectivity index (χ1) is 17.8. The lowest BCUT2D eigenvalue weighted by Crippen LogP contribution is -2.51. The monoisotopic (exact) mass is 538 g/mol. The Hall–Kier alpha value is -2.82. The summed E-state index contributed by atoms with van der Waals surface area (Å²) < 4.78 is 0. The molecule has 3 rings (SSSR count). The second-order valence-electron chi connectivity index (χ2n) is 9.77. The first kappa shape index (κ1) is 28.7. The van der Waals surface area contributed by atoms with Crippen molar-refractivity contribution in [3.8, 4) is 0 Å². The van der Waals surface area contributed by atoms with Crippen LogP contribution in [0.3, 0.4) is 0 Å². The van der Waals surface area contributed by atoms with E-state index in [1.54, 1.807) is 17.0 Å². The molecule has 4 nitrogen and oxygen atoms in total. The van der Waals surface area contributed by atoms with Crippen molar-refractivity contribution in [2.24, 2.45) is 5.92 Å². The van der Waals surface area contributed by atoms with E-state index in [0.29, 0.717) is 41.8 Å². The normalized spacial score (nSPS) is 11.8. The molecule has 0 bridgehead atoms. The molecule has 37 heavy (non-hydrogen) atoms. The van der Waals surface area contributed by atoms with Gasteiger partial charge in [0, 0.05) is 36.0 Å². The number of benzene rings is 3. The summed E-state index contributed by atoms with van der Waals surface area (Å²) in [5.41, 5.74) is 4.10. The molecular formula is C31H36Cl2N2O2. The van der Waals surface area contributed by atoms with Crippen molar-refractivity contribution >= 4 is 35.0 Å². The summed E-state index contributed by atoms with van der Waals surface area (Å²) in [6.07, 6.45) is 2.27. The lowest BCUT2D eigenvalue weighted by molar-refractivity contribution is -0.141. The SMILES string of the molecule is CCc1ccc(CCC(=O)N(Cc2ccc(Cl)cc2Cl)C(Cc2ccccc2)C(=O)NCC(C)C)cc1. The highest BCUT2D eigenvalue weighted by Gasteiger charge is 2.30. The van der Waals surface area contributed by atoms with Crippen molar-refractivity contribution in [3.63, 3.8) is 0 Å². The standard InChI is InChI=1S/C31H36Cl2N2O2/c1-4-23-10-12-24(13-11-23)14-17-30(36)35(21-26-15-16-27(32)19-28(26)33)29(31(37)34-20-22(2)3)18-25-8-6-5-7-9-25/h5-13,15-16,19,22,29H,4,14,17-18,20-21H2,1-3H3,(H,34,37). The summed E-state index contributed by atoms with van der Waals surface area (Å²) >= 11 is 12.6. The molecule has 0 saturated heterocycles. The highest BCUT2D eigenvalue weighted by atomic mass is 35.5. The minimum Gasteiger partial charge on any atom is -0.354 e. The molecule has 1 N–H and O–H groups in total. The summed E-state index contributed by atoms with van der Waals surface area (Å²) in [7, 11) is 0. The van der Waals surface area contributed by atoms with Gasteiger partial charge in [-0.3, -0.25) is 9.59 Å². The Morgan fingerprint density at radius 2 is 1.57 bits per heavy atom. The fraction of sp³-hybridized carbons (Fsp3) is 0.355. The molecule has 0 heterocycles. The molecule has 0 aliphatic carbocycles. The molecule has 0 saturated carbocycles. The van der Waals surface area contributed by atoms with Crippen LogP contribution in [-0.4, -0.2) is 29.3 Å². The van der Waals surface area contributed by atoms with Crippen molar-refractivity contribution in [1.82, 2.24) is 10.2 Å². The molecule has 0 aliphatic heterocycles. The van der Waals surface area contributed by atoms with Crippen LogP contribution in [0.4, 0.5) is 0 Å². The maximum Gasteiger partial charge on any atom is 0.243 e. The van der Waals surface area contributed by atoms with Crippen molar-refractivity contribution in [3.05, 3.63) is 105 Å². The third kappa shape index (κ3) is 8.91. The minimum absolute atomic E-state index is 0.0915. The van der Waals surface area contributed by atoms with Crippen molar-refractivity contribution in [2.75, 3.05) is 6.54 Å². The number of nitrogens with one attached hydrogen (secondary N) is 1. The summed E-state index contributed by atoms with van der Waals surface area (Å²) in [6.45, 7) is 6.97. The predicted octanol–water partition coefficient (Wildman–Crippen LogP) is 6.90. The fourth-order valence-corrected chi connectivity index (χ4v) is 4.61. The average molecular weight is 540 g/mol. The lowest BCUT2D eigenvalue weighted by Gasteiger charge is -2.32. The number of nitrogens with zero attached hydrogens (tertiary/aromatic N) is 1. The maximum atomic E-state index is 13.8.